The smallest absolute Gasteiger partial charge is 0.147 e. The molecule has 6 heteroatoms. The second kappa shape index (κ2) is 7.32. The van der Waals surface area contributed by atoms with Crippen LogP contribution in [0.1, 0.15) is 42.9 Å². The van der Waals surface area contributed by atoms with Crippen molar-refractivity contribution >= 4 is 0 Å². The van der Waals surface area contributed by atoms with Crippen LogP contribution in [0.5, 0.6) is 5.75 Å². The second-order valence-corrected chi connectivity index (χ2v) is 6.63. The molecule has 1 fully saturated rings. The minimum atomic E-state index is 0.327. The van der Waals surface area contributed by atoms with Crippen LogP contribution in [0.25, 0.3) is 0 Å². The van der Waals surface area contributed by atoms with Gasteiger partial charge in [0.05, 0.1) is 13.7 Å². The van der Waals surface area contributed by atoms with Gasteiger partial charge in [-0.25, -0.2) is 0 Å². The number of para-hydroxylation sites is 1. The molecule has 0 bridgehead atoms. The molecule has 2 aromatic rings. The fraction of sp³-hybridized carbons (Fsp3) is 0.556. The van der Waals surface area contributed by atoms with Gasteiger partial charge in [0, 0.05) is 30.6 Å². The lowest BCUT2D eigenvalue weighted by atomic mass is 9.80. The number of hydrogen-bond donors (Lipinski definition) is 1. The van der Waals surface area contributed by atoms with Crippen molar-refractivity contribution in [3.63, 3.8) is 0 Å². The third-order valence-corrected chi connectivity index (χ3v) is 4.76. The Balaban J connectivity index is 1.69. The molecule has 0 unspecified atom stereocenters. The molecular weight excluding hydrogens is 302 g/mol. The predicted molar refractivity (Wildman–Crippen MR) is 93.8 cm³/mol. The molecule has 130 valence electrons. The molecule has 1 saturated carbocycles. The van der Waals surface area contributed by atoms with Crippen LogP contribution in [0.3, 0.4) is 0 Å². The number of nitrogens with two attached hydrogens (primary N) is 1. The van der Waals surface area contributed by atoms with Crippen LogP contribution in [-0.2, 0) is 19.6 Å². The highest BCUT2D eigenvalue weighted by atomic mass is 16.5. The summed E-state index contributed by atoms with van der Waals surface area (Å²) >= 11 is 0. The van der Waals surface area contributed by atoms with Crippen molar-refractivity contribution < 1.29 is 4.74 Å². The van der Waals surface area contributed by atoms with E-state index in [-0.39, 0.29) is 0 Å². The van der Waals surface area contributed by atoms with E-state index in [1.807, 2.05) is 18.2 Å². The molecular formula is C18H27N5O. The molecule has 6 nitrogen and oxygen atoms in total. The van der Waals surface area contributed by atoms with Crippen LogP contribution in [0, 0.1) is 0 Å². The van der Waals surface area contributed by atoms with E-state index in [1.54, 1.807) is 7.11 Å². The fourth-order valence-electron chi connectivity index (χ4n) is 3.41. The standard InChI is InChI=1S/C18H27N5O/c1-4-23-17(20-21-18(23)14-9-15(19)10-14)12-22(2)11-13-7-5-6-8-16(13)24-3/h5-8,14-15H,4,9-12,19H2,1-3H3. The number of hydrogen-bond acceptors (Lipinski definition) is 5. The van der Waals surface area contributed by atoms with E-state index in [0.29, 0.717) is 12.0 Å². The highest BCUT2D eigenvalue weighted by Gasteiger charge is 2.32. The van der Waals surface area contributed by atoms with Gasteiger partial charge < -0.3 is 15.0 Å². The molecule has 0 amide bonds. The summed E-state index contributed by atoms with van der Waals surface area (Å²) in [6.45, 7) is 4.61. The Bertz CT molecular complexity index is 678. The van der Waals surface area contributed by atoms with Gasteiger partial charge in [-0.3, -0.25) is 4.90 Å². The number of ether oxygens (including phenoxy) is 1. The normalized spacial score (nSPS) is 20.2. The molecule has 0 radical (unpaired) electrons. The first-order valence-electron chi connectivity index (χ1n) is 8.60. The van der Waals surface area contributed by atoms with Gasteiger partial charge in [-0.2, -0.15) is 0 Å². The van der Waals surface area contributed by atoms with Crippen molar-refractivity contribution in [1.82, 2.24) is 19.7 Å². The maximum atomic E-state index is 5.92. The first-order valence-corrected chi connectivity index (χ1v) is 8.60. The van der Waals surface area contributed by atoms with E-state index in [2.05, 4.69) is 39.7 Å². The summed E-state index contributed by atoms with van der Waals surface area (Å²) in [7, 11) is 3.81. The van der Waals surface area contributed by atoms with Gasteiger partial charge in [-0.15, -0.1) is 10.2 Å². The Kier molecular flexibility index (Phi) is 5.16. The molecule has 2 N–H and O–H groups in total. The fourth-order valence-corrected chi connectivity index (χ4v) is 3.41. The lowest BCUT2D eigenvalue weighted by molar-refractivity contribution is 0.294. The van der Waals surface area contributed by atoms with E-state index < -0.39 is 0 Å². The van der Waals surface area contributed by atoms with Crippen LogP contribution in [0.2, 0.25) is 0 Å². The molecule has 0 atom stereocenters. The molecule has 24 heavy (non-hydrogen) atoms. The Morgan fingerprint density at radius 2 is 2.00 bits per heavy atom. The molecule has 0 aliphatic heterocycles. The average Bonchev–Trinajstić information content (AvgIpc) is 2.94. The predicted octanol–water partition coefficient (Wildman–Crippen LogP) is 2.14. The quantitative estimate of drug-likeness (QED) is 0.843. The zero-order valence-corrected chi connectivity index (χ0v) is 14.8. The van der Waals surface area contributed by atoms with Crippen molar-refractivity contribution in [3.8, 4) is 5.75 Å². The van der Waals surface area contributed by atoms with Crippen molar-refractivity contribution in [2.24, 2.45) is 5.73 Å². The SMILES string of the molecule is CCn1c(CN(C)Cc2ccccc2OC)nnc1C1CC(N)C1. The summed E-state index contributed by atoms with van der Waals surface area (Å²) in [5.74, 6) is 3.51. The molecule has 1 aliphatic carbocycles. The van der Waals surface area contributed by atoms with E-state index >= 15 is 0 Å². The molecule has 3 rings (SSSR count). The first kappa shape index (κ1) is 16.9. The van der Waals surface area contributed by atoms with Gasteiger partial charge >= 0.3 is 0 Å². The van der Waals surface area contributed by atoms with E-state index in [4.69, 9.17) is 10.5 Å². The molecule has 0 spiro atoms. The highest BCUT2D eigenvalue weighted by molar-refractivity contribution is 5.33. The van der Waals surface area contributed by atoms with Crippen LogP contribution in [0.4, 0.5) is 0 Å². The summed E-state index contributed by atoms with van der Waals surface area (Å²) in [5, 5.41) is 8.88. The molecule has 0 saturated heterocycles. The van der Waals surface area contributed by atoms with Crippen LogP contribution >= 0.6 is 0 Å². The lowest BCUT2D eigenvalue weighted by Gasteiger charge is -2.31. The summed E-state index contributed by atoms with van der Waals surface area (Å²) < 4.78 is 7.68. The zero-order valence-electron chi connectivity index (χ0n) is 14.8. The molecule has 1 aromatic heterocycles. The minimum Gasteiger partial charge on any atom is -0.496 e. The topological polar surface area (TPSA) is 69.2 Å². The Morgan fingerprint density at radius 1 is 1.25 bits per heavy atom. The highest BCUT2D eigenvalue weighted by Crippen LogP contribution is 2.34. The van der Waals surface area contributed by atoms with Gasteiger partial charge in [-0.1, -0.05) is 18.2 Å². The third-order valence-electron chi connectivity index (χ3n) is 4.76. The number of rotatable bonds is 7. The summed E-state index contributed by atoms with van der Waals surface area (Å²) in [6.07, 6.45) is 2.05. The average molecular weight is 329 g/mol. The maximum Gasteiger partial charge on any atom is 0.147 e. The number of benzene rings is 1. The number of nitrogens with zero attached hydrogens (tertiary/aromatic N) is 4. The third kappa shape index (κ3) is 3.44. The largest absolute Gasteiger partial charge is 0.496 e. The summed E-state index contributed by atoms with van der Waals surface area (Å²) in [5.41, 5.74) is 7.10. The Morgan fingerprint density at radius 3 is 2.67 bits per heavy atom. The van der Waals surface area contributed by atoms with Crippen LogP contribution in [-0.4, -0.2) is 39.9 Å². The Labute approximate surface area is 143 Å². The monoisotopic (exact) mass is 329 g/mol. The van der Waals surface area contributed by atoms with Crippen molar-refractivity contribution in [2.45, 2.75) is 51.4 Å². The van der Waals surface area contributed by atoms with Crippen molar-refractivity contribution in [2.75, 3.05) is 14.2 Å². The van der Waals surface area contributed by atoms with Gasteiger partial charge in [-0.05, 0) is 32.9 Å². The molecule has 1 aromatic carbocycles. The zero-order chi connectivity index (χ0) is 17.1. The minimum absolute atomic E-state index is 0.327. The molecule has 1 aliphatic rings. The Hall–Kier alpha value is -1.92. The van der Waals surface area contributed by atoms with Gasteiger partial charge in [0.25, 0.3) is 0 Å². The van der Waals surface area contributed by atoms with Gasteiger partial charge in [0.2, 0.25) is 0 Å². The van der Waals surface area contributed by atoms with Crippen molar-refractivity contribution in [1.29, 1.82) is 0 Å². The van der Waals surface area contributed by atoms with E-state index in [0.717, 1.165) is 49.9 Å². The van der Waals surface area contributed by atoms with Crippen LogP contribution < -0.4 is 10.5 Å². The van der Waals surface area contributed by atoms with Crippen LogP contribution in [0.15, 0.2) is 24.3 Å². The lowest BCUT2D eigenvalue weighted by Crippen LogP contribution is -2.36. The second-order valence-electron chi connectivity index (χ2n) is 6.63. The molecule has 1 heterocycles. The van der Waals surface area contributed by atoms with E-state index in [1.165, 1.54) is 5.56 Å². The van der Waals surface area contributed by atoms with Gasteiger partial charge in [0.1, 0.15) is 17.4 Å². The maximum absolute atomic E-state index is 5.92. The summed E-state index contributed by atoms with van der Waals surface area (Å²) in [6, 6.07) is 8.45. The van der Waals surface area contributed by atoms with E-state index in [9.17, 15) is 0 Å². The van der Waals surface area contributed by atoms with Gasteiger partial charge in [0.15, 0.2) is 0 Å². The van der Waals surface area contributed by atoms with Crippen molar-refractivity contribution in [3.05, 3.63) is 41.5 Å². The number of aromatic nitrogens is 3. The first-order chi connectivity index (χ1) is 11.6. The summed E-state index contributed by atoms with van der Waals surface area (Å²) in [4.78, 5) is 2.24. The number of methoxy groups -OCH3 is 1.